The molecule has 0 aromatic heterocycles. The van der Waals surface area contributed by atoms with Crippen LogP contribution < -0.4 is 0 Å². The molecule has 6 nitrogen and oxygen atoms in total. The summed E-state index contributed by atoms with van der Waals surface area (Å²) in [6, 6.07) is -0.246. The molecule has 19 heavy (non-hydrogen) atoms. The van der Waals surface area contributed by atoms with Crippen LogP contribution in [-0.4, -0.2) is 55.9 Å². The van der Waals surface area contributed by atoms with Gasteiger partial charge in [0.05, 0.1) is 24.5 Å². The van der Waals surface area contributed by atoms with Crippen LogP contribution in [-0.2, 0) is 24.2 Å². The van der Waals surface area contributed by atoms with Crippen LogP contribution in [0.2, 0.25) is 0 Å². The Morgan fingerprint density at radius 1 is 1.26 bits per heavy atom. The number of rotatable bonds is 6. The number of hydrogen-bond acceptors (Lipinski definition) is 5. The Labute approximate surface area is 114 Å². The first-order valence-electron chi connectivity index (χ1n) is 6.55. The van der Waals surface area contributed by atoms with Gasteiger partial charge in [-0.1, -0.05) is 0 Å². The number of sulfone groups is 1. The van der Waals surface area contributed by atoms with Gasteiger partial charge in [0.15, 0.2) is 9.84 Å². The summed E-state index contributed by atoms with van der Waals surface area (Å²) in [6.07, 6.45) is 0.604. The van der Waals surface area contributed by atoms with Crippen LogP contribution >= 0.6 is 0 Å². The Balaban J connectivity index is 2.51. The highest BCUT2D eigenvalue weighted by molar-refractivity contribution is 7.91. The van der Waals surface area contributed by atoms with E-state index < -0.39 is 15.8 Å². The van der Waals surface area contributed by atoms with Gasteiger partial charge in [0.1, 0.15) is 0 Å². The van der Waals surface area contributed by atoms with Gasteiger partial charge in [-0.05, 0) is 20.3 Å². The molecule has 0 bridgehead atoms. The normalized spacial score (nSPS) is 21.1. The van der Waals surface area contributed by atoms with E-state index in [1.54, 1.807) is 11.8 Å². The quantitative estimate of drug-likeness (QED) is 0.660. The molecule has 1 amide bonds. The summed E-state index contributed by atoms with van der Waals surface area (Å²) in [5.74, 6) is -0.408. The zero-order chi connectivity index (χ0) is 14.5. The summed E-state index contributed by atoms with van der Waals surface area (Å²) in [4.78, 5) is 24.8. The van der Waals surface area contributed by atoms with E-state index in [-0.39, 0.29) is 36.3 Å². The average Bonchev–Trinajstić information content (AvgIpc) is 2.68. The van der Waals surface area contributed by atoms with Crippen molar-refractivity contribution in [2.45, 2.75) is 39.2 Å². The van der Waals surface area contributed by atoms with Crippen LogP contribution in [0.1, 0.15) is 33.1 Å². The zero-order valence-electron chi connectivity index (χ0n) is 11.4. The Morgan fingerprint density at radius 2 is 1.95 bits per heavy atom. The second-order valence-electron chi connectivity index (χ2n) is 4.54. The topological polar surface area (TPSA) is 80.8 Å². The SMILES string of the molecule is CCOC(=O)CCC(=O)N(CC)C1CCS(=O)(=O)C1. The van der Waals surface area contributed by atoms with E-state index in [0.29, 0.717) is 19.6 Å². The molecule has 1 rings (SSSR count). The van der Waals surface area contributed by atoms with Crippen molar-refractivity contribution in [2.24, 2.45) is 0 Å². The molecule has 0 radical (unpaired) electrons. The van der Waals surface area contributed by atoms with E-state index in [9.17, 15) is 18.0 Å². The first-order chi connectivity index (χ1) is 8.89. The molecule has 1 saturated heterocycles. The van der Waals surface area contributed by atoms with Crippen molar-refractivity contribution in [1.29, 1.82) is 0 Å². The number of amides is 1. The second kappa shape index (κ2) is 6.88. The number of carbonyl (C=O) groups excluding carboxylic acids is 2. The summed E-state index contributed by atoms with van der Waals surface area (Å²) in [7, 11) is -3.01. The molecule has 1 atom stereocenters. The van der Waals surface area contributed by atoms with Gasteiger partial charge in [-0.15, -0.1) is 0 Å². The van der Waals surface area contributed by atoms with Gasteiger partial charge in [-0.25, -0.2) is 8.42 Å². The van der Waals surface area contributed by atoms with Crippen LogP contribution in [0.4, 0.5) is 0 Å². The highest BCUT2D eigenvalue weighted by atomic mass is 32.2. The predicted molar refractivity (Wildman–Crippen MR) is 70.3 cm³/mol. The maximum atomic E-state index is 12.0. The molecule has 0 spiro atoms. The predicted octanol–water partition coefficient (Wildman–Crippen LogP) is 0.365. The molecule has 110 valence electrons. The summed E-state index contributed by atoms with van der Waals surface area (Å²) < 4.78 is 27.6. The van der Waals surface area contributed by atoms with Gasteiger partial charge >= 0.3 is 5.97 Å². The molecular formula is C12H21NO5S. The monoisotopic (exact) mass is 291 g/mol. The van der Waals surface area contributed by atoms with Gasteiger partial charge in [-0.3, -0.25) is 9.59 Å². The molecule has 1 unspecified atom stereocenters. The van der Waals surface area contributed by atoms with Gasteiger partial charge in [0.2, 0.25) is 5.91 Å². The van der Waals surface area contributed by atoms with Crippen LogP contribution in [0.25, 0.3) is 0 Å². The van der Waals surface area contributed by atoms with Gasteiger partial charge in [0, 0.05) is 19.0 Å². The fourth-order valence-corrected chi connectivity index (χ4v) is 3.98. The van der Waals surface area contributed by atoms with Crippen molar-refractivity contribution in [3.05, 3.63) is 0 Å². The van der Waals surface area contributed by atoms with Crippen molar-refractivity contribution in [2.75, 3.05) is 24.7 Å². The van der Waals surface area contributed by atoms with Gasteiger partial charge < -0.3 is 9.64 Å². The minimum atomic E-state index is -3.01. The molecule has 7 heteroatoms. The molecular weight excluding hydrogens is 270 g/mol. The van der Waals surface area contributed by atoms with E-state index in [4.69, 9.17) is 4.74 Å². The summed E-state index contributed by atoms with van der Waals surface area (Å²) in [5.41, 5.74) is 0. The number of carbonyl (C=O) groups is 2. The van der Waals surface area contributed by atoms with Crippen molar-refractivity contribution in [3.8, 4) is 0 Å². The lowest BCUT2D eigenvalue weighted by molar-refractivity contribution is -0.146. The first-order valence-corrected chi connectivity index (χ1v) is 8.37. The lowest BCUT2D eigenvalue weighted by Gasteiger charge is -2.26. The van der Waals surface area contributed by atoms with Crippen molar-refractivity contribution in [3.63, 3.8) is 0 Å². The standard InChI is InChI=1S/C12H21NO5S/c1-3-13(10-7-8-19(16,17)9-10)11(14)5-6-12(15)18-4-2/h10H,3-9H2,1-2H3. The lowest BCUT2D eigenvalue weighted by atomic mass is 10.2. The Morgan fingerprint density at radius 3 is 2.42 bits per heavy atom. The third-order valence-electron chi connectivity index (χ3n) is 3.16. The van der Waals surface area contributed by atoms with Crippen molar-refractivity contribution >= 4 is 21.7 Å². The third-order valence-corrected chi connectivity index (χ3v) is 4.91. The van der Waals surface area contributed by atoms with Crippen molar-refractivity contribution < 1.29 is 22.7 Å². The first kappa shape index (κ1) is 15.9. The molecule has 1 fully saturated rings. The van der Waals surface area contributed by atoms with E-state index in [1.165, 1.54) is 0 Å². The fourth-order valence-electron chi connectivity index (χ4n) is 2.25. The zero-order valence-corrected chi connectivity index (χ0v) is 12.2. The maximum Gasteiger partial charge on any atom is 0.306 e. The largest absolute Gasteiger partial charge is 0.466 e. The number of esters is 1. The van der Waals surface area contributed by atoms with Crippen LogP contribution in [0, 0.1) is 0 Å². The maximum absolute atomic E-state index is 12.0. The number of ether oxygens (including phenoxy) is 1. The molecule has 0 aliphatic carbocycles. The van der Waals surface area contributed by atoms with Crippen LogP contribution in [0.5, 0.6) is 0 Å². The Bertz CT molecular complexity index is 431. The van der Waals surface area contributed by atoms with E-state index >= 15 is 0 Å². The smallest absolute Gasteiger partial charge is 0.306 e. The average molecular weight is 291 g/mol. The fraction of sp³-hybridized carbons (Fsp3) is 0.833. The molecule has 1 heterocycles. The number of hydrogen-bond donors (Lipinski definition) is 0. The Hall–Kier alpha value is -1.11. The van der Waals surface area contributed by atoms with Crippen LogP contribution in [0.3, 0.4) is 0 Å². The molecule has 1 aliphatic heterocycles. The third kappa shape index (κ3) is 4.81. The summed E-state index contributed by atoms with van der Waals surface area (Å²) in [5, 5.41) is 0. The minimum absolute atomic E-state index is 0.0337. The van der Waals surface area contributed by atoms with Gasteiger partial charge in [0.25, 0.3) is 0 Å². The van der Waals surface area contributed by atoms with Crippen LogP contribution in [0.15, 0.2) is 0 Å². The molecule has 0 saturated carbocycles. The molecule has 1 aliphatic rings. The highest BCUT2D eigenvalue weighted by Gasteiger charge is 2.33. The van der Waals surface area contributed by atoms with Crippen molar-refractivity contribution in [1.82, 2.24) is 4.90 Å². The Kier molecular flexibility index (Phi) is 5.78. The highest BCUT2D eigenvalue weighted by Crippen LogP contribution is 2.18. The summed E-state index contributed by atoms with van der Waals surface area (Å²) >= 11 is 0. The van der Waals surface area contributed by atoms with E-state index in [0.717, 1.165) is 0 Å². The lowest BCUT2D eigenvalue weighted by Crippen LogP contribution is -2.41. The van der Waals surface area contributed by atoms with E-state index in [2.05, 4.69) is 0 Å². The second-order valence-corrected chi connectivity index (χ2v) is 6.77. The minimum Gasteiger partial charge on any atom is -0.466 e. The molecule has 0 N–H and O–H groups in total. The molecule has 0 aromatic rings. The van der Waals surface area contributed by atoms with E-state index in [1.807, 2.05) is 6.92 Å². The summed E-state index contributed by atoms with van der Waals surface area (Å²) in [6.45, 7) is 4.28. The number of nitrogens with zero attached hydrogens (tertiary/aromatic N) is 1. The molecule has 0 aromatic carbocycles. The van der Waals surface area contributed by atoms with Gasteiger partial charge in [-0.2, -0.15) is 0 Å².